The molecule has 2 aromatic rings. The maximum atomic E-state index is 13.8. The first-order chi connectivity index (χ1) is 10.6. The van der Waals surface area contributed by atoms with E-state index in [4.69, 9.17) is 4.74 Å². The lowest BCUT2D eigenvalue weighted by Gasteiger charge is -2.27. The fourth-order valence-electron chi connectivity index (χ4n) is 2.68. The molecule has 5 heteroatoms. The van der Waals surface area contributed by atoms with Crippen LogP contribution in [-0.4, -0.2) is 22.9 Å². The van der Waals surface area contributed by atoms with Gasteiger partial charge in [0, 0.05) is 36.9 Å². The van der Waals surface area contributed by atoms with Gasteiger partial charge < -0.3 is 4.74 Å². The number of nitrogens with zero attached hydrogens (tertiary/aromatic N) is 1. The lowest BCUT2D eigenvalue weighted by molar-refractivity contribution is -0.147. The van der Waals surface area contributed by atoms with Crippen molar-refractivity contribution in [2.45, 2.75) is 25.6 Å². The second-order valence-corrected chi connectivity index (χ2v) is 5.20. The van der Waals surface area contributed by atoms with Gasteiger partial charge in [0.05, 0.1) is 0 Å². The Morgan fingerprint density at radius 1 is 1.23 bits per heavy atom. The summed E-state index contributed by atoms with van der Waals surface area (Å²) < 4.78 is 19.0. The van der Waals surface area contributed by atoms with E-state index >= 15 is 0 Å². The molecule has 22 heavy (non-hydrogen) atoms. The minimum Gasteiger partial charge on any atom is -0.458 e. The maximum absolute atomic E-state index is 13.8. The highest BCUT2D eigenvalue weighted by atomic mass is 19.1. The van der Waals surface area contributed by atoms with Crippen LogP contribution in [0, 0.1) is 0 Å². The van der Waals surface area contributed by atoms with Crippen LogP contribution >= 0.6 is 0 Å². The lowest BCUT2D eigenvalue weighted by atomic mass is 9.85. The second-order valence-electron chi connectivity index (χ2n) is 5.20. The largest absolute Gasteiger partial charge is 0.458 e. The highest BCUT2D eigenvalue weighted by Crippen LogP contribution is 2.36. The molecule has 0 spiro atoms. The monoisotopic (exact) mass is 299 g/mol. The topological polar surface area (TPSA) is 56.3 Å². The number of ketones is 1. The highest BCUT2D eigenvalue weighted by molar-refractivity contribution is 6.02. The second kappa shape index (κ2) is 5.67. The molecule has 1 aliphatic carbocycles. The zero-order valence-corrected chi connectivity index (χ0v) is 12.0. The average Bonchev–Trinajstić information content (AvgIpc) is 2.52. The molecule has 112 valence electrons. The Labute approximate surface area is 126 Å². The highest BCUT2D eigenvalue weighted by Gasteiger charge is 2.35. The molecule has 0 saturated carbocycles. The van der Waals surface area contributed by atoms with Gasteiger partial charge in [0.15, 0.2) is 12.0 Å². The Balaban J connectivity index is 2.07. The number of rotatable bonds is 2. The molecule has 0 saturated heterocycles. The maximum Gasteiger partial charge on any atom is 0.303 e. The van der Waals surface area contributed by atoms with Gasteiger partial charge in [0.25, 0.3) is 0 Å². The van der Waals surface area contributed by atoms with E-state index in [0.29, 0.717) is 5.56 Å². The van der Waals surface area contributed by atoms with Crippen molar-refractivity contribution in [1.29, 1.82) is 0 Å². The van der Waals surface area contributed by atoms with Crippen LogP contribution in [0.1, 0.15) is 35.4 Å². The Morgan fingerprint density at radius 2 is 1.95 bits per heavy atom. The van der Waals surface area contributed by atoms with E-state index in [1.54, 1.807) is 30.6 Å². The van der Waals surface area contributed by atoms with Gasteiger partial charge in [-0.3, -0.25) is 14.6 Å². The molecule has 0 radical (unpaired) electrons. The van der Waals surface area contributed by atoms with Crippen molar-refractivity contribution < 1.29 is 18.7 Å². The smallest absolute Gasteiger partial charge is 0.303 e. The summed E-state index contributed by atoms with van der Waals surface area (Å²) in [6, 6.07) is 8.81. The molecule has 1 aromatic heterocycles. The fourth-order valence-corrected chi connectivity index (χ4v) is 2.68. The van der Waals surface area contributed by atoms with E-state index in [9.17, 15) is 14.0 Å². The number of fused-ring (bicyclic) bond motifs is 1. The number of pyridine rings is 1. The van der Waals surface area contributed by atoms with Crippen LogP contribution < -0.4 is 0 Å². The van der Waals surface area contributed by atoms with E-state index in [1.807, 2.05) is 12.1 Å². The SMILES string of the molecule is CC(=O)OC1CC(F)C(=O)c2ccc(-c3ccncc3)cc21. The predicted molar refractivity (Wildman–Crippen MR) is 78.0 cm³/mol. The summed E-state index contributed by atoms with van der Waals surface area (Å²) in [7, 11) is 0. The normalized spacial score (nSPS) is 20.4. The molecule has 1 aromatic carbocycles. The van der Waals surface area contributed by atoms with E-state index < -0.39 is 24.0 Å². The van der Waals surface area contributed by atoms with Crippen molar-refractivity contribution in [3.8, 4) is 11.1 Å². The van der Waals surface area contributed by atoms with Crippen LogP contribution in [0.4, 0.5) is 4.39 Å². The first-order valence-corrected chi connectivity index (χ1v) is 6.96. The minimum absolute atomic E-state index is 0.134. The van der Waals surface area contributed by atoms with Crippen LogP contribution in [-0.2, 0) is 9.53 Å². The van der Waals surface area contributed by atoms with Gasteiger partial charge in [0.2, 0.25) is 0 Å². The molecule has 0 bridgehead atoms. The number of benzene rings is 1. The minimum atomic E-state index is -1.64. The molecule has 2 unspecified atom stereocenters. The summed E-state index contributed by atoms with van der Waals surface area (Å²) >= 11 is 0. The van der Waals surface area contributed by atoms with Gasteiger partial charge in [-0.15, -0.1) is 0 Å². The summed E-state index contributed by atoms with van der Waals surface area (Å²) in [4.78, 5) is 27.2. The third-order valence-electron chi connectivity index (χ3n) is 3.69. The van der Waals surface area contributed by atoms with Crippen LogP contribution in [0.2, 0.25) is 0 Å². The quantitative estimate of drug-likeness (QED) is 0.799. The van der Waals surface area contributed by atoms with Crippen molar-refractivity contribution in [3.63, 3.8) is 0 Å². The summed E-state index contributed by atoms with van der Waals surface area (Å²) in [5.74, 6) is -1.05. The first-order valence-electron chi connectivity index (χ1n) is 6.96. The number of halogens is 1. The standard InChI is InChI=1S/C17H14FNO3/c1-10(20)22-16-9-15(18)17(21)13-3-2-12(8-14(13)16)11-4-6-19-7-5-11/h2-8,15-16H,9H2,1H3. The average molecular weight is 299 g/mol. The molecule has 3 rings (SSSR count). The van der Waals surface area contributed by atoms with Crippen LogP contribution in [0.25, 0.3) is 11.1 Å². The van der Waals surface area contributed by atoms with E-state index in [1.165, 1.54) is 6.92 Å². The van der Waals surface area contributed by atoms with Crippen molar-refractivity contribution in [2.75, 3.05) is 0 Å². The Kier molecular flexibility index (Phi) is 3.71. The zero-order valence-electron chi connectivity index (χ0n) is 12.0. The third-order valence-corrected chi connectivity index (χ3v) is 3.69. The summed E-state index contributed by atoms with van der Waals surface area (Å²) in [6.45, 7) is 1.27. The Bertz CT molecular complexity index is 730. The van der Waals surface area contributed by atoms with Crippen molar-refractivity contribution in [2.24, 2.45) is 0 Å². The number of hydrogen-bond acceptors (Lipinski definition) is 4. The van der Waals surface area contributed by atoms with Gasteiger partial charge in [-0.05, 0) is 29.3 Å². The Hall–Kier alpha value is -2.56. The summed E-state index contributed by atoms with van der Waals surface area (Å²) in [5, 5.41) is 0. The number of carbonyl (C=O) groups excluding carboxylic acids is 2. The summed E-state index contributed by atoms with van der Waals surface area (Å²) in [5.41, 5.74) is 2.63. The lowest BCUT2D eigenvalue weighted by Crippen LogP contribution is -2.29. The molecule has 2 atom stereocenters. The van der Waals surface area contributed by atoms with Gasteiger partial charge in [-0.2, -0.15) is 0 Å². The van der Waals surface area contributed by atoms with Gasteiger partial charge in [-0.25, -0.2) is 4.39 Å². The molecule has 1 heterocycles. The molecule has 0 fully saturated rings. The number of esters is 1. The van der Waals surface area contributed by atoms with Crippen LogP contribution in [0.5, 0.6) is 0 Å². The molecular formula is C17H14FNO3. The zero-order chi connectivity index (χ0) is 15.7. The molecule has 0 N–H and O–H groups in total. The van der Waals surface area contributed by atoms with Gasteiger partial charge in [-0.1, -0.05) is 12.1 Å². The van der Waals surface area contributed by atoms with Crippen molar-refractivity contribution in [3.05, 3.63) is 53.9 Å². The number of alkyl halides is 1. The third kappa shape index (κ3) is 2.62. The predicted octanol–water partition coefficient (Wildman–Crippen LogP) is 3.28. The van der Waals surface area contributed by atoms with Gasteiger partial charge >= 0.3 is 5.97 Å². The van der Waals surface area contributed by atoms with E-state index in [0.717, 1.165) is 11.1 Å². The van der Waals surface area contributed by atoms with Crippen molar-refractivity contribution >= 4 is 11.8 Å². The number of Topliss-reactive ketones (excluding diaryl/α,β-unsaturated/α-hetero) is 1. The number of carbonyl (C=O) groups is 2. The molecule has 0 aliphatic heterocycles. The van der Waals surface area contributed by atoms with E-state index in [-0.39, 0.29) is 12.0 Å². The number of hydrogen-bond donors (Lipinski definition) is 0. The molecular weight excluding hydrogens is 285 g/mol. The van der Waals surface area contributed by atoms with Crippen LogP contribution in [0.15, 0.2) is 42.7 Å². The number of aromatic nitrogens is 1. The number of ether oxygens (including phenoxy) is 1. The Morgan fingerprint density at radius 3 is 2.64 bits per heavy atom. The molecule has 0 amide bonds. The molecule has 1 aliphatic rings. The van der Waals surface area contributed by atoms with Crippen LogP contribution in [0.3, 0.4) is 0 Å². The van der Waals surface area contributed by atoms with Crippen molar-refractivity contribution in [1.82, 2.24) is 4.98 Å². The first kappa shape index (κ1) is 14.4. The molecule has 4 nitrogen and oxygen atoms in total. The summed E-state index contributed by atoms with van der Waals surface area (Å²) in [6.07, 6.45) is 0.832. The van der Waals surface area contributed by atoms with E-state index in [2.05, 4.69) is 4.98 Å². The fraction of sp³-hybridized carbons (Fsp3) is 0.235. The van der Waals surface area contributed by atoms with Gasteiger partial charge in [0.1, 0.15) is 6.10 Å².